The molecule has 2 heterocycles. The Morgan fingerprint density at radius 2 is 2.19 bits per heavy atom. The van der Waals surface area contributed by atoms with E-state index in [2.05, 4.69) is 10.4 Å². The van der Waals surface area contributed by atoms with E-state index in [9.17, 15) is 4.79 Å². The van der Waals surface area contributed by atoms with Crippen molar-refractivity contribution in [1.82, 2.24) is 20.0 Å². The minimum Gasteiger partial charge on any atom is -0.337 e. The number of nitrogens with zero attached hydrogens (tertiary/aromatic N) is 3. The number of carbonyl (C=O) groups is 1. The van der Waals surface area contributed by atoms with Crippen LogP contribution in [0.25, 0.3) is 5.69 Å². The molecule has 1 atom stereocenters. The monoisotopic (exact) mass is 284 g/mol. The molecule has 3 rings (SSSR count). The van der Waals surface area contributed by atoms with E-state index in [0.29, 0.717) is 11.6 Å². The molecule has 0 spiro atoms. The molecule has 0 radical (unpaired) electrons. The third-order valence-electron chi connectivity index (χ3n) is 4.00. The molecule has 1 N–H and O–H groups in total. The SMILES string of the molecule is CNC1CCCN(C(=O)c2ccccc2-n2cccn2)C1. The van der Waals surface area contributed by atoms with Gasteiger partial charge in [0.2, 0.25) is 0 Å². The molecule has 1 aromatic heterocycles. The molecule has 2 aromatic rings. The van der Waals surface area contributed by atoms with Crippen LogP contribution in [0.4, 0.5) is 0 Å². The smallest absolute Gasteiger partial charge is 0.256 e. The van der Waals surface area contributed by atoms with Crippen LogP contribution in [0.5, 0.6) is 0 Å². The fourth-order valence-electron chi connectivity index (χ4n) is 2.83. The Hall–Kier alpha value is -2.14. The summed E-state index contributed by atoms with van der Waals surface area (Å²) in [4.78, 5) is 14.8. The summed E-state index contributed by atoms with van der Waals surface area (Å²) in [5, 5.41) is 7.51. The summed E-state index contributed by atoms with van der Waals surface area (Å²) in [5.74, 6) is 0.0843. The van der Waals surface area contributed by atoms with E-state index in [4.69, 9.17) is 0 Å². The molecule has 21 heavy (non-hydrogen) atoms. The number of benzene rings is 1. The highest BCUT2D eigenvalue weighted by Gasteiger charge is 2.25. The molecule has 1 aliphatic rings. The molecule has 0 aliphatic carbocycles. The molecule has 1 unspecified atom stereocenters. The molecule has 1 amide bonds. The topological polar surface area (TPSA) is 50.2 Å². The van der Waals surface area contributed by atoms with Crippen LogP contribution >= 0.6 is 0 Å². The van der Waals surface area contributed by atoms with Gasteiger partial charge in [0.1, 0.15) is 0 Å². The quantitative estimate of drug-likeness (QED) is 0.933. The standard InChI is InChI=1S/C16H20N4O/c1-17-13-6-4-10-19(12-13)16(21)14-7-2-3-8-15(14)20-11-5-9-18-20/h2-3,5,7-9,11,13,17H,4,6,10,12H2,1H3. The highest BCUT2D eigenvalue weighted by atomic mass is 16.2. The number of carbonyl (C=O) groups excluding carboxylic acids is 1. The van der Waals surface area contributed by atoms with Crippen molar-refractivity contribution in [2.24, 2.45) is 0 Å². The number of amides is 1. The number of nitrogens with one attached hydrogen (secondary N) is 1. The maximum Gasteiger partial charge on any atom is 0.256 e. The van der Waals surface area contributed by atoms with Gasteiger partial charge in [0.25, 0.3) is 5.91 Å². The van der Waals surface area contributed by atoms with Crippen molar-refractivity contribution in [2.45, 2.75) is 18.9 Å². The minimum atomic E-state index is 0.0843. The zero-order chi connectivity index (χ0) is 14.7. The van der Waals surface area contributed by atoms with Crippen LogP contribution in [0.15, 0.2) is 42.7 Å². The Balaban J connectivity index is 1.88. The summed E-state index contributed by atoms with van der Waals surface area (Å²) >= 11 is 0. The average molecular weight is 284 g/mol. The highest BCUT2D eigenvalue weighted by molar-refractivity contribution is 5.97. The lowest BCUT2D eigenvalue weighted by molar-refractivity contribution is 0.0698. The largest absolute Gasteiger partial charge is 0.337 e. The predicted octanol–water partition coefficient (Wildman–Crippen LogP) is 1.70. The first-order valence-corrected chi connectivity index (χ1v) is 7.35. The Bertz CT molecular complexity index is 608. The number of likely N-dealkylation sites (N-methyl/N-ethyl adjacent to an activating group) is 1. The molecule has 5 nitrogen and oxygen atoms in total. The van der Waals surface area contributed by atoms with Crippen molar-refractivity contribution < 1.29 is 4.79 Å². The number of aromatic nitrogens is 2. The van der Waals surface area contributed by atoms with Crippen LogP contribution in [0.2, 0.25) is 0 Å². The van der Waals surface area contributed by atoms with E-state index in [1.54, 1.807) is 10.9 Å². The average Bonchev–Trinajstić information content (AvgIpc) is 3.08. The van der Waals surface area contributed by atoms with Crippen LogP contribution in [0, 0.1) is 0 Å². The summed E-state index contributed by atoms with van der Waals surface area (Å²) < 4.78 is 1.74. The number of likely N-dealkylation sites (tertiary alicyclic amines) is 1. The molecule has 110 valence electrons. The number of hydrogen-bond donors (Lipinski definition) is 1. The van der Waals surface area contributed by atoms with Crippen LogP contribution in [-0.4, -0.2) is 46.8 Å². The molecule has 1 aliphatic heterocycles. The number of piperidine rings is 1. The van der Waals surface area contributed by atoms with Crippen molar-refractivity contribution in [3.8, 4) is 5.69 Å². The molecule has 5 heteroatoms. The van der Waals surface area contributed by atoms with Gasteiger partial charge < -0.3 is 10.2 Å². The Morgan fingerprint density at radius 3 is 2.95 bits per heavy atom. The van der Waals surface area contributed by atoms with Crippen molar-refractivity contribution in [3.63, 3.8) is 0 Å². The van der Waals surface area contributed by atoms with Gasteiger partial charge in [-0.05, 0) is 38.1 Å². The van der Waals surface area contributed by atoms with Gasteiger partial charge >= 0.3 is 0 Å². The molecule has 0 bridgehead atoms. The molecule has 1 fully saturated rings. The van der Waals surface area contributed by atoms with E-state index in [-0.39, 0.29) is 5.91 Å². The summed E-state index contributed by atoms with van der Waals surface area (Å²) in [5.41, 5.74) is 1.54. The lowest BCUT2D eigenvalue weighted by Gasteiger charge is -2.33. The zero-order valence-electron chi connectivity index (χ0n) is 12.2. The van der Waals surface area contributed by atoms with Crippen molar-refractivity contribution in [1.29, 1.82) is 0 Å². The van der Waals surface area contributed by atoms with Gasteiger partial charge in [-0.1, -0.05) is 12.1 Å². The third kappa shape index (κ3) is 2.83. The maximum atomic E-state index is 12.8. The van der Waals surface area contributed by atoms with E-state index in [1.165, 1.54) is 0 Å². The zero-order valence-corrected chi connectivity index (χ0v) is 12.2. The van der Waals surface area contributed by atoms with Crippen LogP contribution in [-0.2, 0) is 0 Å². The second-order valence-corrected chi connectivity index (χ2v) is 5.35. The second-order valence-electron chi connectivity index (χ2n) is 5.35. The van der Waals surface area contributed by atoms with Gasteiger partial charge in [-0.3, -0.25) is 4.79 Å². The van der Waals surface area contributed by atoms with Crippen molar-refractivity contribution >= 4 is 5.91 Å². The summed E-state index contributed by atoms with van der Waals surface area (Å²) in [6.45, 7) is 1.59. The summed E-state index contributed by atoms with van der Waals surface area (Å²) in [7, 11) is 1.95. The van der Waals surface area contributed by atoms with Gasteiger partial charge in [0, 0.05) is 31.5 Å². The van der Waals surface area contributed by atoms with Crippen LogP contribution in [0.3, 0.4) is 0 Å². The number of rotatable bonds is 3. The Labute approximate surface area is 124 Å². The lowest BCUT2D eigenvalue weighted by atomic mass is 10.0. The van der Waals surface area contributed by atoms with Gasteiger partial charge in [0.05, 0.1) is 11.3 Å². The fraction of sp³-hybridized carbons (Fsp3) is 0.375. The fourth-order valence-corrected chi connectivity index (χ4v) is 2.83. The lowest BCUT2D eigenvalue weighted by Crippen LogP contribution is -2.47. The minimum absolute atomic E-state index is 0.0843. The summed E-state index contributed by atoms with van der Waals surface area (Å²) in [6.07, 6.45) is 5.75. The highest BCUT2D eigenvalue weighted by Crippen LogP contribution is 2.19. The number of hydrogen-bond acceptors (Lipinski definition) is 3. The molecular weight excluding hydrogens is 264 g/mol. The number of para-hydroxylation sites is 1. The van der Waals surface area contributed by atoms with E-state index >= 15 is 0 Å². The first kappa shape index (κ1) is 13.8. The Kier molecular flexibility index (Phi) is 4.01. The third-order valence-corrected chi connectivity index (χ3v) is 4.00. The van der Waals surface area contributed by atoms with E-state index in [0.717, 1.165) is 31.6 Å². The Morgan fingerprint density at radius 1 is 1.33 bits per heavy atom. The van der Waals surface area contributed by atoms with Crippen molar-refractivity contribution in [3.05, 3.63) is 48.3 Å². The van der Waals surface area contributed by atoms with Gasteiger partial charge in [0.15, 0.2) is 0 Å². The first-order chi connectivity index (χ1) is 10.3. The maximum absolute atomic E-state index is 12.8. The van der Waals surface area contributed by atoms with E-state index < -0.39 is 0 Å². The van der Waals surface area contributed by atoms with Gasteiger partial charge in [-0.25, -0.2) is 4.68 Å². The second kappa shape index (κ2) is 6.10. The molecule has 1 saturated heterocycles. The van der Waals surface area contributed by atoms with Gasteiger partial charge in [-0.15, -0.1) is 0 Å². The normalized spacial score (nSPS) is 18.7. The molecule has 1 aromatic carbocycles. The van der Waals surface area contributed by atoms with Crippen LogP contribution in [0.1, 0.15) is 23.2 Å². The van der Waals surface area contributed by atoms with Gasteiger partial charge in [-0.2, -0.15) is 5.10 Å². The van der Waals surface area contributed by atoms with Crippen molar-refractivity contribution in [2.75, 3.05) is 20.1 Å². The van der Waals surface area contributed by atoms with Crippen LogP contribution < -0.4 is 5.32 Å². The van der Waals surface area contributed by atoms with E-state index in [1.807, 2.05) is 48.5 Å². The molecular formula is C16H20N4O. The molecule has 0 saturated carbocycles. The first-order valence-electron chi connectivity index (χ1n) is 7.35. The summed E-state index contributed by atoms with van der Waals surface area (Å²) in [6, 6.07) is 9.89. The predicted molar refractivity (Wildman–Crippen MR) is 81.5 cm³/mol.